The van der Waals surface area contributed by atoms with Crippen molar-refractivity contribution in [1.82, 2.24) is 9.55 Å². The quantitative estimate of drug-likeness (QED) is 0.141. The molecule has 0 radical (unpaired) electrons. The SMILES string of the molecule is COc1ccc(C(=O)CSc2nc3scc(-c4ccccc4)c3c(=O)n2-c2ccccc2)cc1OC. The fourth-order valence-corrected chi connectivity index (χ4v) is 5.82. The number of para-hydroxylation sites is 1. The average molecular weight is 515 g/mol. The molecule has 36 heavy (non-hydrogen) atoms. The molecule has 8 heteroatoms. The molecule has 2 aromatic heterocycles. The van der Waals surface area contributed by atoms with E-state index < -0.39 is 0 Å². The van der Waals surface area contributed by atoms with Crippen molar-refractivity contribution in [3.05, 3.63) is 100 Å². The van der Waals surface area contributed by atoms with E-state index >= 15 is 0 Å². The number of hydrogen-bond donors (Lipinski definition) is 0. The third-order valence-electron chi connectivity index (χ3n) is 5.71. The zero-order chi connectivity index (χ0) is 25.1. The van der Waals surface area contributed by atoms with Crippen molar-refractivity contribution >= 4 is 39.1 Å². The van der Waals surface area contributed by atoms with Gasteiger partial charge < -0.3 is 9.47 Å². The fourth-order valence-electron chi connectivity index (χ4n) is 3.93. The van der Waals surface area contributed by atoms with E-state index in [9.17, 15) is 9.59 Å². The summed E-state index contributed by atoms with van der Waals surface area (Å²) in [5, 5.41) is 3.01. The van der Waals surface area contributed by atoms with Crippen LogP contribution in [0.2, 0.25) is 0 Å². The van der Waals surface area contributed by atoms with Crippen LogP contribution in [0.25, 0.3) is 27.0 Å². The molecule has 0 unspecified atom stereocenters. The van der Waals surface area contributed by atoms with E-state index in [0.717, 1.165) is 11.1 Å². The topological polar surface area (TPSA) is 70.4 Å². The zero-order valence-electron chi connectivity index (χ0n) is 19.6. The van der Waals surface area contributed by atoms with E-state index in [-0.39, 0.29) is 17.1 Å². The van der Waals surface area contributed by atoms with Gasteiger partial charge in [0.2, 0.25) is 0 Å². The lowest BCUT2D eigenvalue weighted by atomic mass is 10.1. The first-order valence-electron chi connectivity index (χ1n) is 11.1. The number of benzene rings is 3. The van der Waals surface area contributed by atoms with Gasteiger partial charge in [0.1, 0.15) is 4.83 Å². The Morgan fingerprint density at radius 3 is 2.33 bits per heavy atom. The molecule has 0 bridgehead atoms. The molecule has 0 spiro atoms. The van der Waals surface area contributed by atoms with Gasteiger partial charge in [-0.05, 0) is 35.9 Å². The minimum absolute atomic E-state index is 0.105. The van der Waals surface area contributed by atoms with Gasteiger partial charge >= 0.3 is 0 Å². The van der Waals surface area contributed by atoms with Crippen molar-refractivity contribution in [1.29, 1.82) is 0 Å². The predicted octanol–water partition coefficient (Wildman–Crippen LogP) is 6.11. The molecule has 0 amide bonds. The number of Topliss-reactive ketones (excluding diaryl/α,β-unsaturated/α-hetero) is 1. The second kappa shape index (κ2) is 10.4. The highest BCUT2D eigenvalue weighted by atomic mass is 32.2. The molecular weight excluding hydrogens is 492 g/mol. The Balaban J connectivity index is 1.56. The number of fused-ring (bicyclic) bond motifs is 1. The first-order chi connectivity index (χ1) is 17.6. The normalized spacial score (nSPS) is 10.9. The van der Waals surface area contributed by atoms with Crippen LogP contribution in [0.5, 0.6) is 11.5 Å². The van der Waals surface area contributed by atoms with Gasteiger partial charge in [-0.25, -0.2) is 4.98 Å². The maximum Gasteiger partial charge on any atom is 0.268 e. The average Bonchev–Trinajstić information content (AvgIpc) is 3.36. The lowest BCUT2D eigenvalue weighted by Gasteiger charge is -2.13. The molecule has 2 heterocycles. The Bertz CT molecular complexity index is 1600. The van der Waals surface area contributed by atoms with Crippen molar-refractivity contribution in [2.24, 2.45) is 0 Å². The molecule has 3 aromatic carbocycles. The highest BCUT2D eigenvalue weighted by Crippen LogP contribution is 2.33. The summed E-state index contributed by atoms with van der Waals surface area (Å²) in [7, 11) is 3.08. The maximum atomic E-state index is 13.9. The van der Waals surface area contributed by atoms with E-state index in [4.69, 9.17) is 14.5 Å². The Labute approximate surface area is 216 Å². The van der Waals surface area contributed by atoms with E-state index in [1.165, 1.54) is 30.2 Å². The molecule has 0 aliphatic heterocycles. The molecule has 0 fully saturated rings. The highest BCUT2D eigenvalue weighted by molar-refractivity contribution is 7.99. The molecule has 0 N–H and O–H groups in total. The third-order valence-corrected chi connectivity index (χ3v) is 7.52. The minimum atomic E-state index is -0.160. The largest absolute Gasteiger partial charge is 0.493 e. The molecular formula is C28H22N2O4S2. The molecule has 0 aliphatic carbocycles. The Morgan fingerprint density at radius 2 is 1.64 bits per heavy atom. The highest BCUT2D eigenvalue weighted by Gasteiger charge is 2.20. The van der Waals surface area contributed by atoms with E-state index in [1.807, 2.05) is 66.0 Å². The summed E-state index contributed by atoms with van der Waals surface area (Å²) in [4.78, 5) is 32.4. The van der Waals surface area contributed by atoms with Gasteiger partial charge in [0.25, 0.3) is 5.56 Å². The lowest BCUT2D eigenvalue weighted by molar-refractivity contribution is 0.102. The number of thiophene rings is 1. The number of carbonyl (C=O) groups is 1. The van der Waals surface area contributed by atoms with Gasteiger partial charge in [0.15, 0.2) is 22.4 Å². The number of methoxy groups -OCH3 is 2. The van der Waals surface area contributed by atoms with Gasteiger partial charge in [-0.3, -0.25) is 14.2 Å². The summed E-state index contributed by atoms with van der Waals surface area (Å²) >= 11 is 2.67. The van der Waals surface area contributed by atoms with Crippen molar-refractivity contribution in [3.8, 4) is 28.3 Å². The molecule has 0 aliphatic rings. The van der Waals surface area contributed by atoms with Crippen LogP contribution in [0.3, 0.4) is 0 Å². The fraction of sp³-hybridized carbons (Fsp3) is 0.107. The molecule has 5 aromatic rings. The second-order valence-electron chi connectivity index (χ2n) is 7.85. The molecule has 0 atom stereocenters. The van der Waals surface area contributed by atoms with Crippen molar-refractivity contribution in [2.75, 3.05) is 20.0 Å². The van der Waals surface area contributed by atoms with Crippen LogP contribution in [-0.4, -0.2) is 35.3 Å². The summed E-state index contributed by atoms with van der Waals surface area (Å²) in [5.41, 5.74) is 2.86. The van der Waals surface area contributed by atoms with Crippen LogP contribution in [-0.2, 0) is 0 Å². The maximum absolute atomic E-state index is 13.9. The van der Waals surface area contributed by atoms with Gasteiger partial charge in [-0.2, -0.15) is 0 Å². The Morgan fingerprint density at radius 1 is 0.944 bits per heavy atom. The van der Waals surface area contributed by atoms with Crippen LogP contribution in [0, 0.1) is 0 Å². The van der Waals surface area contributed by atoms with Gasteiger partial charge in [0, 0.05) is 16.5 Å². The number of aromatic nitrogens is 2. The number of hydrogen-bond acceptors (Lipinski definition) is 7. The first kappa shape index (κ1) is 23.8. The Hall–Kier alpha value is -3.88. The van der Waals surface area contributed by atoms with Crippen molar-refractivity contribution < 1.29 is 14.3 Å². The molecule has 5 rings (SSSR count). The molecule has 0 saturated heterocycles. The summed E-state index contributed by atoms with van der Waals surface area (Å²) in [5.74, 6) is 1.04. The summed E-state index contributed by atoms with van der Waals surface area (Å²) in [6.07, 6.45) is 0. The number of nitrogens with zero attached hydrogens (tertiary/aromatic N) is 2. The molecule has 6 nitrogen and oxygen atoms in total. The van der Waals surface area contributed by atoms with Gasteiger partial charge in [-0.1, -0.05) is 60.3 Å². The van der Waals surface area contributed by atoms with Crippen LogP contribution < -0.4 is 15.0 Å². The predicted molar refractivity (Wildman–Crippen MR) is 145 cm³/mol. The Kier molecular flexibility index (Phi) is 6.88. The van der Waals surface area contributed by atoms with Gasteiger partial charge in [0.05, 0.1) is 31.0 Å². The van der Waals surface area contributed by atoms with E-state index in [2.05, 4.69) is 0 Å². The summed E-state index contributed by atoms with van der Waals surface area (Å²) in [6, 6.07) is 24.3. The first-order valence-corrected chi connectivity index (χ1v) is 13.0. The van der Waals surface area contributed by atoms with E-state index in [0.29, 0.717) is 38.1 Å². The summed E-state index contributed by atoms with van der Waals surface area (Å²) in [6.45, 7) is 0. The van der Waals surface area contributed by atoms with E-state index in [1.54, 1.807) is 29.9 Å². The third kappa shape index (κ3) is 4.53. The van der Waals surface area contributed by atoms with Crippen LogP contribution in [0.15, 0.2) is 94.2 Å². The number of rotatable bonds is 8. The van der Waals surface area contributed by atoms with Gasteiger partial charge in [-0.15, -0.1) is 11.3 Å². The zero-order valence-corrected chi connectivity index (χ0v) is 21.3. The minimum Gasteiger partial charge on any atom is -0.493 e. The number of ketones is 1. The number of thioether (sulfide) groups is 1. The number of carbonyl (C=O) groups excluding carboxylic acids is 1. The molecule has 180 valence electrons. The van der Waals surface area contributed by atoms with Crippen molar-refractivity contribution in [3.63, 3.8) is 0 Å². The second-order valence-corrected chi connectivity index (χ2v) is 9.65. The lowest BCUT2D eigenvalue weighted by Crippen LogP contribution is -2.22. The standard InChI is InChI=1S/C28H22N2O4S2/c1-33-23-14-13-19(15-24(23)34-2)22(31)17-36-28-29-26-25(21(16-35-26)18-9-5-3-6-10-18)27(32)30(28)20-11-7-4-8-12-20/h3-16H,17H2,1-2H3. The van der Waals surface area contributed by atoms with Crippen molar-refractivity contribution in [2.45, 2.75) is 5.16 Å². The summed E-state index contributed by atoms with van der Waals surface area (Å²) < 4.78 is 12.2. The van der Waals surface area contributed by atoms with Crippen LogP contribution in [0.1, 0.15) is 10.4 Å². The molecule has 0 saturated carbocycles. The van der Waals surface area contributed by atoms with Crippen LogP contribution in [0.4, 0.5) is 0 Å². The smallest absolute Gasteiger partial charge is 0.268 e. The monoisotopic (exact) mass is 514 g/mol. The van der Waals surface area contributed by atoms with Crippen LogP contribution >= 0.6 is 23.1 Å². The number of ether oxygens (including phenoxy) is 2.